The van der Waals surface area contributed by atoms with E-state index in [-0.39, 0.29) is 15.8 Å². The first-order chi connectivity index (χ1) is 7.82. The van der Waals surface area contributed by atoms with Gasteiger partial charge in [0.2, 0.25) is 0 Å². The molecule has 1 atom stereocenters. The minimum Gasteiger partial charge on any atom is -0.207 e. The molecule has 17 heavy (non-hydrogen) atoms. The van der Waals surface area contributed by atoms with E-state index >= 15 is 0 Å². The van der Waals surface area contributed by atoms with Crippen LogP contribution in [0.15, 0.2) is 6.07 Å². The summed E-state index contributed by atoms with van der Waals surface area (Å²) >= 11 is 3.36. The summed E-state index contributed by atoms with van der Waals surface area (Å²) < 4.78 is 40.7. The molecule has 1 aliphatic rings. The number of rotatable bonds is 0. The van der Waals surface area contributed by atoms with Crippen molar-refractivity contribution in [1.82, 2.24) is 0 Å². The standard InChI is InChI=1S/C13H14BrF3/c1-13(2)4-3-7-9(15)5-10(16)12(17)11(7)8(14)6-13/h5,8H,3-4,6H2,1-2H3. The number of hydrogen-bond donors (Lipinski definition) is 0. The fourth-order valence-corrected chi connectivity index (χ4v) is 3.74. The third-order valence-electron chi connectivity index (χ3n) is 3.41. The molecule has 0 fully saturated rings. The molecule has 0 aliphatic heterocycles. The van der Waals surface area contributed by atoms with E-state index in [2.05, 4.69) is 29.8 Å². The molecular weight excluding hydrogens is 293 g/mol. The van der Waals surface area contributed by atoms with Gasteiger partial charge in [0.05, 0.1) is 0 Å². The van der Waals surface area contributed by atoms with E-state index in [0.29, 0.717) is 24.5 Å². The molecule has 1 aromatic carbocycles. The molecule has 0 aromatic heterocycles. The van der Waals surface area contributed by atoms with Gasteiger partial charge >= 0.3 is 0 Å². The average Bonchev–Trinajstić information content (AvgIpc) is 2.31. The van der Waals surface area contributed by atoms with Crippen molar-refractivity contribution in [3.05, 3.63) is 34.6 Å². The van der Waals surface area contributed by atoms with Gasteiger partial charge in [-0.2, -0.15) is 0 Å². The van der Waals surface area contributed by atoms with Gasteiger partial charge in [0.15, 0.2) is 11.6 Å². The Morgan fingerprint density at radius 3 is 2.53 bits per heavy atom. The van der Waals surface area contributed by atoms with Crippen molar-refractivity contribution in [2.45, 2.75) is 37.9 Å². The third-order valence-corrected chi connectivity index (χ3v) is 4.19. The molecule has 94 valence electrons. The van der Waals surface area contributed by atoms with Crippen LogP contribution in [0.25, 0.3) is 0 Å². The zero-order valence-electron chi connectivity index (χ0n) is 9.79. The highest BCUT2D eigenvalue weighted by atomic mass is 79.9. The van der Waals surface area contributed by atoms with Crippen LogP contribution in [0.3, 0.4) is 0 Å². The van der Waals surface area contributed by atoms with Crippen LogP contribution < -0.4 is 0 Å². The fourth-order valence-electron chi connectivity index (χ4n) is 2.38. The smallest absolute Gasteiger partial charge is 0.163 e. The summed E-state index contributed by atoms with van der Waals surface area (Å²) in [5.41, 5.74) is 0.465. The van der Waals surface area contributed by atoms with Crippen LogP contribution in [0.5, 0.6) is 0 Å². The first kappa shape index (κ1) is 12.9. The molecular formula is C13H14BrF3. The summed E-state index contributed by atoms with van der Waals surface area (Å²) in [6.07, 6.45) is 1.89. The van der Waals surface area contributed by atoms with Crippen molar-refractivity contribution in [1.29, 1.82) is 0 Å². The van der Waals surface area contributed by atoms with Gasteiger partial charge in [0.1, 0.15) is 5.82 Å². The van der Waals surface area contributed by atoms with Gasteiger partial charge in [-0.05, 0) is 30.2 Å². The lowest BCUT2D eigenvalue weighted by Crippen LogP contribution is -2.11. The van der Waals surface area contributed by atoms with Crippen molar-refractivity contribution >= 4 is 15.9 Å². The molecule has 0 bridgehead atoms. The van der Waals surface area contributed by atoms with Crippen molar-refractivity contribution in [3.8, 4) is 0 Å². The van der Waals surface area contributed by atoms with Crippen molar-refractivity contribution < 1.29 is 13.2 Å². The summed E-state index contributed by atoms with van der Waals surface area (Å²) in [6.45, 7) is 4.11. The largest absolute Gasteiger partial charge is 0.207 e. The highest BCUT2D eigenvalue weighted by molar-refractivity contribution is 9.09. The minimum atomic E-state index is -1.11. The summed E-state index contributed by atoms with van der Waals surface area (Å²) in [4.78, 5) is -0.333. The topological polar surface area (TPSA) is 0 Å². The van der Waals surface area contributed by atoms with E-state index < -0.39 is 17.5 Å². The molecule has 0 N–H and O–H groups in total. The molecule has 2 rings (SSSR count). The molecule has 0 radical (unpaired) electrons. The van der Waals surface area contributed by atoms with Gasteiger partial charge in [0.25, 0.3) is 0 Å². The minimum absolute atomic E-state index is 0.0114. The quantitative estimate of drug-likeness (QED) is 0.363. The molecule has 1 unspecified atom stereocenters. The lowest BCUT2D eigenvalue weighted by molar-refractivity contribution is 0.315. The Balaban J connectivity index is 2.59. The fraction of sp³-hybridized carbons (Fsp3) is 0.538. The van der Waals surface area contributed by atoms with Crippen LogP contribution in [-0.4, -0.2) is 0 Å². The van der Waals surface area contributed by atoms with Gasteiger partial charge in [0, 0.05) is 16.5 Å². The maximum atomic E-state index is 13.8. The Kier molecular flexibility index (Phi) is 3.27. The molecule has 0 nitrogen and oxygen atoms in total. The third kappa shape index (κ3) is 2.37. The van der Waals surface area contributed by atoms with E-state index in [4.69, 9.17) is 0 Å². The predicted molar refractivity (Wildman–Crippen MR) is 64.7 cm³/mol. The molecule has 1 aromatic rings. The maximum absolute atomic E-state index is 13.8. The van der Waals surface area contributed by atoms with E-state index in [1.54, 1.807) is 0 Å². The van der Waals surface area contributed by atoms with E-state index in [1.807, 2.05) is 0 Å². The second-order valence-corrected chi connectivity index (χ2v) is 6.49. The Morgan fingerprint density at radius 2 is 1.88 bits per heavy atom. The molecule has 0 heterocycles. The summed E-state index contributed by atoms with van der Waals surface area (Å²) in [5, 5.41) is 0. The van der Waals surface area contributed by atoms with Crippen LogP contribution in [0.2, 0.25) is 0 Å². The maximum Gasteiger partial charge on any atom is 0.163 e. The Bertz CT molecular complexity index is 454. The lowest BCUT2D eigenvalue weighted by atomic mass is 9.84. The van der Waals surface area contributed by atoms with E-state index in [9.17, 15) is 13.2 Å². The number of alkyl halides is 1. The number of benzene rings is 1. The zero-order chi connectivity index (χ0) is 12.8. The van der Waals surface area contributed by atoms with Crippen molar-refractivity contribution in [2.75, 3.05) is 0 Å². The van der Waals surface area contributed by atoms with Gasteiger partial charge in [-0.15, -0.1) is 0 Å². The number of hydrogen-bond acceptors (Lipinski definition) is 0. The first-order valence-corrected chi connectivity index (χ1v) is 6.54. The Morgan fingerprint density at radius 1 is 1.24 bits per heavy atom. The van der Waals surface area contributed by atoms with Gasteiger partial charge in [-0.25, -0.2) is 13.2 Å². The highest BCUT2D eigenvalue weighted by Gasteiger charge is 2.32. The van der Waals surface area contributed by atoms with Crippen LogP contribution in [0, 0.1) is 22.9 Å². The van der Waals surface area contributed by atoms with Crippen LogP contribution in [0.1, 0.15) is 42.6 Å². The molecule has 4 heteroatoms. The number of fused-ring (bicyclic) bond motifs is 1. The molecule has 0 spiro atoms. The predicted octanol–water partition coefficient (Wildman–Crippen LogP) is 4.90. The SMILES string of the molecule is CC1(C)CCc2c(F)cc(F)c(F)c2C(Br)C1. The van der Waals surface area contributed by atoms with Gasteiger partial charge in [-0.1, -0.05) is 29.8 Å². The highest BCUT2D eigenvalue weighted by Crippen LogP contribution is 2.45. The molecule has 0 amide bonds. The average molecular weight is 307 g/mol. The summed E-state index contributed by atoms with van der Waals surface area (Å²) in [5.74, 6) is -2.66. The zero-order valence-corrected chi connectivity index (χ0v) is 11.4. The lowest BCUT2D eigenvalue weighted by Gasteiger charge is -2.23. The first-order valence-electron chi connectivity index (χ1n) is 5.62. The van der Waals surface area contributed by atoms with Crippen LogP contribution in [-0.2, 0) is 6.42 Å². The van der Waals surface area contributed by atoms with Gasteiger partial charge < -0.3 is 0 Å². The van der Waals surface area contributed by atoms with E-state index in [0.717, 1.165) is 6.42 Å². The normalized spacial score (nSPS) is 23.1. The molecule has 1 aliphatic carbocycles. The monoisotopic (exact) mass is 306 g/mol. The molecule has 0 saturated carbocycles. The second kappa shape index (κ2) is 4.30. The summed E-state index contributed by atoms with van der Waals surface area (Å²) in [7, 11) is 0. The Hall–Kier alpha value is -0.510. The van der Waals surface area contributed by atoms with Crippen LogP contribution in [0.4, 0.5) is 13.2 Å². The van der Waals surface area contributed by atoms with Crippen molar-refractivity contribution in [2.24, 2.45) is 5.41 Å². The second-order valence-electron chi connectivity index (χ2n) is 5.38. The van der Waals surface area contributed by atoms with E-state index in [1.165, 1.54) is 0 Å². The number of halogens is 4. The van der Waals surface area contributed by atoms with Crippen LogP contribution >= 0.6 is 15.9 Å². The van der Waals surface area contributed by atoms with Crippen molar-refractivity contribution in [3.63, 3.8) is 0 Å². The Labute approximate surface area is 107 Å². The molecule has 0 saturated heterocycles. The summed E-state index contributed by atoms with van der Waals surface area (Å²) in [6, 6.07) is 0.645. The van der Waals surface area contributed by atoms with Gasteiger partial charge in [-0.3, -0.25) is 0 Å².